The predicted molar refractivity (Wildman–Crippen MR) is 96.5 cm³/mol. The number of anilines is 1. The molecule has 0 saturated carbocycles. The zero-order chi connectivity index (χ0) is 21.9. The van der Waals surface area contributed by atoms with Gasteiger partial charge in [0.15, 0.2) is 0 Å². The molecule has 0 aliphatic rings. The number of aromatic hydroxyl groups is 1. The molecule has 3 nitrogen and oxygen atoms in total. The molecule has 2 rings (SSSR count). The number of halogens is 6. The lowest BCUT2D eigenvalue weighted by atomic mass is 9.92. The first-order valence-electron chi connectivity index (χ1n) is 8.90. The largest absolute Gasteiger partial charge is 0.508 e. The first-order chi connectivity index (χ1) is 13.4. The minimum atomic E-state index is -5.93. The number of aliphatic hydroxyl groups is 1. The summed E-state index contributed by atoms with van der Waals surface area (Å²) >= 11 is 0. The normalized spacial score (nSPS) is 12.8. The smallest absolute Gasteiger partial charge is 0.430 e. The van der Waals surface area contributed by atoms with Crippen molar-refractivity contribution in [3.63, 3.8) is 0 Å². The maximum absolute atomic E-state index is 13.0. The second-order valence-corrected chi connectivity index (χ2v) is 6.66. The fourth-order valence-electron chi connectivity index (χ4n) is 2.90. The van der Waals surface area contributed by atoms with Crippen LogP contribution in [-0.4, -0.2) is 29.1 Å². The topological polar surface area (TPSA) is 43.7 Å². The number of para-hydroxylation sites is 1. The summed E-state index contributed by atoms with van der Waals surface area (Å²) in [5.74, 6) is 0.0362. The van der Waals surface area contributed by atoms with Gasteiger partial charge < -0.3 is 15.1 Å². The van der Waals surface area contributed by atoms with Gasteiger partial charge in [-0.25, -0.2) is 0 Å². The third-order valence-corrected chi connectivity index (χ3v) is 4.61. The van der Waals surface area contributed by atoms with Crippen LogP contribution in [0.4, 0.5) is 32.0 Å². The molecule has 160 valence electrons. The highest BCUT2D eigenvalue weighted by atomic mass is 19.4. The van der Waals surface area contributed by atoms with E-state index in [1.54, 1.807) is 23.1 Å². The quantitative estimate of drug-likeness (QED) is 0.580. The zero-order valence-corrected chi connectivity index (χ0v) is 15.6. The number of nitrogens with zero attached hydrogens (tertiary/aromatic N) is 1. The molecule has 0 saturated heterocycles. The Morgan fingerprint density at radius 2 is 1.41 bits per heavy atom. The minimum Gasteiger partial charge on any atom is -0.508 e. The summed E-state index contributed by atoms with van der Waals surface area (Å²) in [5.41, 5.74) is -5.32. The summed E-state index contributed by atoms with van der Waals surface area (Å²) in [6.45, 7) is 2.63. The number of hydrogen-bond donors (Lipinski definition) is 2. The molecule has 0 bridgehead atoms. The molecule has 0 fully saturated rings. The predicted octanol–water partition coefficient (Wildman–Crippen LogP) is 5.51. The summed E-state index contributed by atoms with van der Waals surface area (Å²) in [6, 6.07) is 9.97. The van der Waals surface area contributed by atoms with Crippen LogP contribution in [0.1, 0.15) is 30.9 Å². The summed E-state index contributed by atoms with van der Waals surface area (Å²) in [4.78, 5) is 1.74. The van der Waals surface area contributed by atoms with E-state index in [1.165, 1.54) is 6.07 Å². The van der Waals surface area contributed by atoms with Crippen molar-refractivity contribution in [2.75, 3.05) is 11.4 Å². The monoisotopic (exact) mass is 421 g/mol. The van der Waals surface area contributed by atoms with Gasteiger partial charge in [-0.15, -0.1) is 0 Å². The van der Waals surface area contributed by atoms with Crippen molar-refractivity contribution in [1.82, 2.24) is 0 Å². The highest BCUT2D eigenvalue weighted by Crippen LogP contribution is 2.50. The van der Waals surface area contributed by atoms with E-state index in [-0.39, 0.29) is 12.3 Å². The fraction of sp³-hybridized carbons (Fsp3) is 0.400. The van der Waals surface area contributed by atoms with Crippen LogP contribution in [0.15, 0.2) is 48.5 Å². The number of hydrogen-bond acceptors (Lipinski definition) is 3. The van der Waals surface area contributed by atoms with Crippen molar-refractivity contribution in [2.24, 2.45) is 0 Å². The van der Waals surface area contributed by atoms with E-state index >= 15 is 0 Å². The van der Waals surface area contributed by atoms with Crippen molar-refractivity contribution in [1.29, 1.82) is 0 Å². The van der Waals surface area contributed by atoms with Crippen LogP contribution in [0.3, 0.4) is 0 Å². The number of phenols is 1. The zero-order valence-electron chi connectivity index (χ0n) is 15.6. The van der Waals surface area contributed by atoms with Crippen molar-refractivity contribution in [3.05, 3.63) is 59.7 Å². The number of rotatable bonds is 7. The van der Waals surface area contributed by atoms with Gasteiger partial charge in [0, 0.05) is 29.9 Å². The Labute approximate surface area is 164 Å². The Morgan fingerprint density at radius 1 is 0.862 bits per heavy atom. The number of phenolic OH excluding ortho intramolecular Hbond substituents is 1. The molecule has 0 atom stereocenters. The van der Waals surface area contributed by atoms with Crippen LogP contribution in [0, 0.1) is 0 Å². The molecule has 9 heteroatoms. The molecule has 0 unspecified atom stereocenters. The van der Waals surface area contributed by atoms with E-state index in [0.29, 0.717) is 29.9 Å². The van der Waals surface area contributed by atoms with Crippen LogP contribution in [0.25, 0.3) is 0 Å². The average Bonchev–Trinajstić information content (AvgIpc) is 2.64. The molecular weight excluding hydrogens is 400 g/mol. The molecule has 29 heavy (non-hydrogen) atoms. The van der Waals surface area contributed by atoms with E-state index in [0.717, 1.165) is 25.0 Å². The molecule has 0 spiro atoms. The lowest BCUT2D eigenvalue weighted by Gasteiger charge is -2.33. The van der Waals surface area contributed by atoms with Crippen LogP contribution < -0.4 is 4.90 Å². The fourth-order valence-corrected chi connectivity index (χ4v) is 2.90. The van der Waals surface area contributed by atoms with Crippen LogP contribution >= 0.6 is 0 Å². The standard InChI is InChI=1S/C20H21F6NO2/c1-2-3-12-27(13-14-6-4-5-7-17(14)28)16-10-8-15(9-11-16)18(29,19(21,22)23)20(24,25)26/h4-11,28-29H,2-3,12-13H2,1H3. The molecule has 0 amide bonds. The molecule has 0 radical (unpaired) electrons. The van der Waals surface area contributed by atoms with Gasteiger partial charge in [0.25, 0.3) is 5.60 Å². The van der Waals surface area contributed by atoms with Gasteiger partial charge in [-0.3, -0.25) is 0 Å². The Balaban J connectivity index is 2.39. The highest BCUT2D eigenvalue weighted by Gasteiger charge is 2.71. The van der Waals surface area contributed by atoms with Crippen molar-refractivity contribution >= 4 is 5.69 Å². The second kappa shape index (κ2) is 8.52. The Morgan fingerprint density at radius 3 is 1.90 bits per heavy atom. The molecule has 2 aromatic rings. The molecule has 0 aromatic heterocycles. The van der Waals surface area contributed by atoms with E-state index in [4.69, 9.17) is 0 Å². The summed E-state index contributed by atoms with van der Waals surface area (Å²) < 4.78 is 78.2. The maximum atomic E-state index is 13.0. The van der Waals surface area contributed by atoms with Gasteiger partial charge in [0.05, 0.1) is 0 Å². The Bertz CT molecular complexity index is 788. The SMILES string of the molecule is CCCCN(Cc1ccccc1O)c1ccc(C(O)(C(F)(F)F)C(F)(F)F)cc1. The Kier molecular flexibility index (Phi) is 6.72. The molecule has 0 aliphatic carbocycles. The summed E-state index contributed by atoms with van der Waals surface area (Å²) in [7, 11) is 0. The van der Waals surface area contributed by atoms with E-state index in [2.05, 4.69) is 0 Å². The highest BCUT2D eigenvalue weighted by molar-refractivity contribution is 5.50. The van der Waals surface area contributed by atoms with Crippen LogP contribution in [0.2, 0.25) is 0 Å². The number of unbranched alkanes of at least 4 members (excludes halogenated alkanes) is 1. The first kappa shape index (κ1) is 22.9. The number of benzene rings is 2. The van der Waals surface area contributed by atoms with Gasteiger partial charge >= 0.3 is 12.4 Å². The average molecular weight is 421 g/mol. The lowest BCUT2D eigenvalue weighted by Crippen LogP contribution is -2.53. The molecule has 0 aliphatic heterocycles. The maximum Gasteiger partial charge on any atom is 0.430 e. The van der Waals surface area contributed by atoms with Gasteiger partial charge in [-0.2, -0.15) is 26.3 Å². The van der Waals surface area contributed by atoms with Crippen molar-refractivity contribution in [2.45, 2.75) is 44.3 Å². The van der Waals surface area contributed by atoms with Gasteiger partial charge in [0.2, 0.25) is 0 Å². The van der Waals surface area contributed by atoms with Crippen LogP contribution in [-0.2, 0) is 12.1 Å². The van der Waals surface area contributed by atoms with Gasteiger partial charge in [0.1, 0.15) is 5.75 Å². The van der Waals surface area contributed by atoms with Gasteiger partial charge in [-0.05, 0) is 24.6 Å². The van der Waals surface area contributed by atoms with Gasteiger partial charge in [-0.1, -0.05) is 43.7 Å². The first-order valence-corrected chi connectivity index (χ1v) is 8.90. The molecule has 2 N–H and O–H groups in total. The second-order valence-electron chi connectivity index (χ2n) is 6.66. The lowest BCUT2D eigenvalue weighted by molar-refractivity contribution is -0.376. The summed E-state index contributed by atoms with van der Waals surface area (Å²) in [5, 5.41) is 19.5. The molecule has 0 heterocycles. The number of alkyl halides is 6. The van der Waals surface area contributed by atoms with E-state index in [9.17, 15) is 36.6 Å². The van der Waals surface area contributed by atoms with E-state index < -0.39 is 23.5 Å². The minimum absolute atomic E-state index is 0.0362. The van der Waals surface area contributed by atoms with E-state index in [1.807, 2.05) is 6.92 Å². The Hall–Kier alpha value is -2.42. The molecule has 2 aromatic carbocycles. The third kappa shape index (κ3) is 4.77. The molecular formula is C20H21F6NO2. The van der Waals surface area contributed by atoms with Crippen LogP contribution in [0.5, 0.6) is 5.75 Å². The third-order valence-electron chi connectivity index (χ3n) is 4.61. The van der Waals surface area contributed by atoms with Crippen molar-refractivity contribution < 1.29 is 36.6 Å². The van der Waals surface area contributed by atoms with Crippen molar-refractivity contribution in [3.8, 4) is 5.75 Å². The summed E-state index contributed by atoms with van der Waals surface area (Å²) in [6.07, 6.45) is -10.3.